The lowest BCUT2D eigenvalue weighted by molar-refractivity contribution is -0.192. The lowest BCUT2D eigenvalue weighted by Crippen LogP contribution is -2.21. The Morgan fingerprint density at radius 1 is 1.41 bits per heavy atom. The maximum Gasteiger partial charge on any atom is 0.490 e. The van der Waals surface area contributed by atoms with Crippen molar-refractivity contribution in [1.29, 1.82) is 0 Å². The predicted molar refractivity (Wildman–Crippen MR) is 53.4 cm³/mol. The molecule has 2 N–H and O–H groups in total. The molecule has 0 radical (unpaired) electrons. The molecule has 0 aromatic carbocycles. The normalized spacial score (nSPS) is 10.6. The number of alkyl halides is 3. The number of rotatable bonds is 4. The molecule has 0 aromatic rings. The smallest absolute Gasteiger partial charge is 0.475 e. The van der Waals surface area contributed by atoms with E-state index in [1.165, 1.54) is 6.08 Å². The molecule has 0 saturated heterocycles. The van der Waals surface area contributed by atoms with Crippen LogP contribution in [0.2, 0.25) is 0 Å². The van der Waals surface area contributed by atoms with Crippen LogP contribution in [0.5, 0.6) is 0 Å². The Kier molecular flexibility index (Phi) is 10.1. The first-order valence-corrected chi connectivity index (χ1v) is 4.53. The van der Waals surface area contributed by atoms with Crippen LogP contribution in [0, 0.1) is 0 Å². The fourth-order valence-electron chi connectivity index (χ4n) is 0.463. The lowest BCUT2D eigenvalue weighted by atomic mass is 10.5. The minimum Gasteiger partial charge on any atom is -0.475 e. The van der Waals surface area contributed by atoms with Crippen molar-refractivity contribution in [3.8, 4) is 0 Å². The average Bonchev–Trinajstić information content (AvgIpc) is 2.18. The number of ether oxygens (including phenoxy) is 1. The molecular weight excluding hydrogens is 243 g/mol. The van der Waals surface area contributed by atoms with Gasteiger partial charge in [-0.05, 0) is 14.0 Å². The van der Waals surface area contributed by atoms with Crippen molar-refractivity contribution in [1.82, 2.24) is 5.32 Å². The molecule has 0 fully saturated rings. The first kappa shape index (κ1) is 17.8. The Bertz CT molecular complexity index is 263. The highest BCUT2D eigenvalue weighted by atomic mass is 19.4. The van der Waals surface area contributed by atoms with Crippen molar-refractivity contribution < 1.29 is 32.6 Å². The summed E-state index contributed by atoms with van der Waals surface area (Å²) in [5, 5.41) is 10.00. The highest BCUT2D eigenvalue weighted by molar-refractivity contribution is 5.81. The topological polar surface area (TPSA) is 75.6 Å². The summed E-state index contributed by atoms with van der Waals surface area (Å²) < 4.78 is 36.4. The molecule has 0 unspecified atom stereocenters. The van der Waals surface area contributed by atoms with E-state index in [1.807, 2.05) is 7.05 Å². The fraction of sp³-hybridized carbons (Fsp3) is 0.556. The average molecular weight is 257 g/mol. The van der Waals surface area contributed by atoms with Crippen LogP contribution >= 0.6 is 0 Å². The van der Waals surface area contributed by atoms with Gasteiger partial charge < -0.3 is 15.2 Å². The van der Waals surface area contributed by atoms with Crippen molar-refractivity contribution in [2.75, 3.05) is 20.2 Å². The van der Waals surface area contributed by atoms with Crippen molar-refractivity contribution in [3.05, 3.63) is 12.2 Å². The summed E-state index contributed by atoms with van der Waals surface area (Å²) in [6, 6.07) is 0. The van der Waals surface area contributed by atoms with Gasteiger partial charge >= 0.3 is 18.1 Å². The Morgan fingerprint density at radius 2 is 1.88 bits per heavy atom. The zero-order valence-corrected chi connectivity index (χ0v) is 9.37. The van der Waals surface area contributed by atoms with Crippen LogP contribution in [0.15, 0.2) is 12.2 Å². The second kappa shape index (κ2) is 9.64. The Labute approximate surface area is 96.3 Å². The molecule has 0 aliphatic carbocycles. The molecule has 0 bridgehead atoms. The molecule has 0 rings (SSSR count). The molecule has 0 saturated carbocycles. The van der Waals surface area contributed by atoms with Crippen LogP contribution in [0.3, 0.4) is 0 Å². The van der Waals surface area contributed by atoms with Gasteiger partial charge in [-0.1, -0.05) is 6.08 Å². The van der Waals surface area contributed by atoms with Crippen molar-refractivity contribution in [2.45, 2.75) is 13.1 Å². The molecule has 0 aliphatic rings. The first-order valence-electron chi connectivity index (χ1n) is 4.53. The number of carbonyl (C=O) groups is 2. The zero-order chi connectivity index (χ0) is 13.9. The van der Waals surface area contributed by atoms with Crippen molar-refractivity contribution in [2.24, 2.45) is 0 Å². The zero-order valence-electron chi connectivity index (χ0n) is 9.37. The van der Waals surface area contributed by atoms with E-state index in [1.54, 1.807) is 13.0 Å². The summed E-state index contributed by atoms with van der Waals surface area (Å²) in [5.74, 6) is -3.04. The number of carboxylic acids is 1. The van der Waals surface area contributed by atoms with Gasteiger partial charge in [-0.25, -0.2) is 9.59 Å². The quantitative estimate of drug-likeness (QED) is 0.579. The molecule has 0 aliphatic heterocycles. The maximum absolute atomic E-state index is 10.6. The Hall–Kier alpha value is -1.57. The van der Waals surface area contributed by atoms with Gasteiger partial charge in [0.05, 0.1) is 6.61 Å². The van der Waals surface area contributed by atoms with Crippen LogP contribution in [0.1, 0.15) is 6.92 Å². The molecule has 17 heavy (non-hydrogen) atoms. The molecule has 0 atom stereocenters. The summed E-state index contributed by atoms with van der Waals surface area (Å²) in [7, 11) is 1.81. The van der Waals surface area contributed by atoms with E-state index in [9.17, 15) is 18.0 Å². The standard InChI is InChI=1S/C7H13NO2.C2HF3O2/c1-3-10-7(9)5-4-6-8-2;3-2(4,5)1(6)7/h4-5,8H,3,6H2,1-2H3;(H,6,7). The molecule has 0 aromatic heterocycles. The van der Waals surface area contributed by atoms with Crippen LogP contribution in [-0.4, -0.2) is 43.4 Å². The van der Waals surface area contributed by atoms with E-state index < -0.39 is 12.1 Å². The number of hydrogen-bond acceptors (Lipinski definition) is 4. The van der Waals surface area contributed by atoms with Crippen molar-refractivity contribution >= 4 is 11.9 Å². The largest absolute Gasteiger partial charge is 0.490 e. The van der Waals surface area contributed by atoms with E-state index in [0.717, 1.165) is 0 Å². The Morgan fingerprint density at radius 3 is 2.18 bits per heavy atom. The molecule has 8 heteroatoms. The fourth-order valence-corrected chi connectivity index (χ4v) is 0.463. The van der Waals surface area contributed by atoms with Gasteiger partial charge in [-0.2, -0.15) is 13.2 Å². The van der Waals surface area contributed by atoms with Gasteiger partial charge in [-0.15, -0.1) is 0 Å². The lowest BCUT2D eigenvalue weighted by Gasteiger charge is -1.93. The number of carbonyl (C=O) groups excluding carboxylic acids is 1. The van der Waals surface area contributed by atoms with Crippen LogP contribution < -0.4 is 5.32 Å². The highest BCUT2D eigenvalue weighted by Gasteiger charge is 2.38. The molecule has 0 amide bonds. The molecule has 100 valence electrons. The number of aliphatic carboxylic acids is 1. The number of halogens is 3. The van der Waals surface area contributed by atoms with Gasteiger partial charge in [0, 0.05) is 12.6 Å². The van der Waals surface area contributed by atoms with Gasteiger partial charge in [0.15, 0.2) is 0 Å². The van der Waals surface area contributed by atoms with E-state index in [0.29, 0.717) is 13.2 Å². The maximum atomic E-state index is 10.6. The molecule has 5 nitrogen and oxygen atoms in total. The summed E-state index contributed by atoms with van der Waals surface area (Å²) in [4.78, 5) is 19.5. The second-order valence-electron chi connectivity index (χ2n) is 2.52. The SMILES string of the molecule is CCOC(=O)C=CCNC.O=C(O)C(F)(F)F. The van der Waals surface area contributed by atoms with Gasteiger partial charge in [0.25, 0.3) is 0 Å². The first-order chi connectivity index (χ1) is 7.75. The monoisotopic (exact) mass is 257 g/mol. The minimum atomic E-state index is -5.08. The summed E-state index contributed by atoms with van der Waals surface area (Å²) in [5.41, 5.74) is 0. The van der Waals surface area contributed by atoms with Gasteiger partial charge in [0.2, 0.25) is 0 Å². The van der Waals surface area contributed by atoms with E-state index in [-0.39, 0.29) is 5.97 Å². The van der Waals surface area contributed by atoms with Gasteiger partial charge in [0.1, 0.15) is 0 Å². The highest BCUT2D eigenvalue weighted by Crippen LogP contribution is 2.13. The number of esters is 1. The van der Waals surface area contributed by atoms with Crippen LogP contribution in [0.4, 0.5) is 13.2 Å². The molecule has 0 spiro atoms. The predicted octanol–water partition coefficient (Wildman–Crippen LogP) is 0.958. The summed E-state index contributed by atoms with van der Waals surface area (Å²) >= 11 is 0. The third-order valence-corrected chi connectivity index (χ3v) is 1.11. The summed E-state index contributed by atoms with van der Waals surface area (Å²) in [6.07, 6.45) is -1.95. The van der Waals surface area contributed by atoms with Crippen molar-refractivity contribution in [3.63, 3.8) is 0 Å². The van der Waals surface area contributed by atoms with E-state index in [4.69, 9.17) is 9.90 Å². The van der Waals surface area contributed by atoms with Crippen LogP contribution in [0.25, 0.3) is 0 Å². The number of carboxylic acid groups (broad SMARTS) is 1. The third kappa shape index (κ3) is 14.4. The number of hydrogen-bond donors (Lipinski definition) is 2. The van der Waals surface area contributed by atoms with Crippen LogP contribution in [-0.2, 0) is 14.3 Å². The van der Waals surface area contributed by atoms with E-state index >= 15 is 0 Å². The number of nitrogens with one attached hydrogen (secondary N) is 1. The minimum absolute atomic E-state index is 0.280. The molecular formula is C9H14F3NO4. The van der Waals surface area contributed by atoms with Gasteiger partial charge in [-0.3, -0.25) is 0 Å². The molecule has 0 heterocycles. The second-order valence-corrected chi connectivity index (χ2v) is 2.52. The summed E-state index contributed by atoms with van der Waals surface area (Å²) in [6.45, 7) is 2.91. The van der Waals surface area contributed by atoms with E-state index in [2.05, 4.69) is 10.1 Å². The third-order valence-electron chi connectivity index (χ3n) is 1.11. The Balaban J connectivity index is 0. The number of likely N-dealkylation sites (N-methyl/N-ethyl adjacent to an activating group) is 1.